The molecule has 115 valence electrons. The fourth-order valence-electron chi connectivity index (χ4n) is 2.09. The Morgan fingerprint density at radius 2 is 1.46 bits per heavy atom. The number of carbonyl (C=O) groups excluding carboxylic acids is 1. The SMILES string of the molecule is C[C-]=O.[C-]#Cc1ncc(-c2ccccc2)c(-c2ccccc2)n1.[Y]. The third kappa shape index (κ3) is 5.20. The molecule has 0 atom stereocenters. The zero-order valence-corrected chi connectivity index (χ0v) is 16.1. The first-order chi connectivity index (χ1) is 11.3. The maximum absolute atomic E-state index is 8.68. The van der Waals surface area contributed by atoms with Gasteiger partial charge in [-0.1, -0.05) is 60.7 Å². The smallest absolute Gasteiger partial charge is 0.0613 e. The third-order valence-corrected chi connectivity index (χ3v) is 3.03. The number of hydrogen-bond donors (Lipinski definition) is 0. The van der Waals surface area contributed by atoms with Crippen LogP contribution in [-0.4, -0.2) is 16.3 Å². The fourth-order valence-corrected chi connectivity index (χ4v) is 2.09. The molecule has 3 rings (SSSR count). The molecule has 0 N–H and O–H groups in total. The molecule has 4 heteroatoms. The van der Waals surface area contributed by atoms with Gasteiger partial charge in [-0.2, -0.15) is 6.92 Å². The maximum Gasteiger partial charge on any atom is 0.0613 e. The Bertz CT molecular complexity index is 812. The van der Waals surface area contributed by atoms with Crippen molar-refractivity contribution in [2.24, 2.45) is 0 Å². The van der Waals surface area contributed by atoms with Gasteiger partial charge < -0.3 is 21.2 Å². The van der Waals surface area contributed by atoms with Crippen LogP contribution in [0.25, 0.3) is 22.4 Å². The zero-order valence-electron chi connectivity index (χ0n) is 13.2. The van der Waals surface area contributed by atoms with Gasteiger partial charge >= 0.3 is 0 Å². The van der Waals surface area contributed by atoms with Crippen LogP contribution in [0.15, 0.2) is 66.9 Å². The van der Waals surface area contributed by atoms with Gasteiger partial charge in [0.15, 0.2) is 0 Å². The quantitative estimate of drug-likeness (QED) is 0.496. The molecule has 24 heavy (non-hydrogen) atoms. The van der Waals surface area contributed by atoms with E-state index in [2.05, 4.69) is 15.9 Å². The molecule has 0 spiro atoms. The minimum atomic E-state index is 0. The largest absolute Gasteiger partial charge is 0.542 e. The van der Waals surface area contributed by atoms with Crippen LogP contribution in [0.3, 0.4) is 0 Å². The second kappa shape index (κ2) is 10.6. The van der Waals surface area contributed by atoms with E-state index >= 15 is 0 Å². The molecule has 1 aromatic heterocycles. The minimum absolute atomic E-state index is 0. The summed E-state index contributed by atoms with van der Waals surface area (Å²) in [5, 5.41) is 0. The van der Waals surface area contributed by atoms with Crippen LogP contribution in [0, 0.1) is 12.3 Å². The third-order valence-electron chi connectivity index (χ3n) is 3.03. The van der Waals surface area contributed by atoms with E-state index in [9.17, 15) is 0 Å². The average Bonchev–Trinajstić information content (AvgIpc) is 2.63. The Morgan fingerprint density at radius 1 is 0.958 bits per heavy atom. The number of rotatable bonds is 2. The molecule has 0 aliphatic heterocycles. The van der Waals surface area contributed by atoms with Crippen LogP contribution in [0.2, 0.25) is 0 Å². The Morgan fingerprint density at radius 3 is 1.96 bits per heavy atom. The van der Waals surface area contributed by atoms with E-state index in [0.29, 0.717) is 5.82 Å². The summed E-state index contributed by atoms with van der Waals surface area (Å²) >= 11 is 0. The average molecular weight is 387 g/mol. The molecule has 2 aromatic carbocycles. The molecule has 0 aliphatic rings. The number of benzene rings is 2. The summed E-state index contributed by atoms with van der Waals surface area (Å²) in [7, 11) is 0. The van der Waals surface area contributed by atoms with E-state index in [0.717, 1.165) is 22.4 Å². The zero-order chi connectivity index (χ0) is 16.5. The van der Waals surface area contributed by atoms with Gasteiger partial charge in [-0.15, -0.1) is 0 Å². The van der Waals surface area contributed by atoms with Crippen molar-refractivity contribution in [2.75, 3.05) is 0 Å². The molecule has 0 bridgehead atoms. The van der Waals surface area contributed by atoms with E-state index in [1.54, 1.807) is 6.20 Å². The fraction of sp³-hybridized carbons (Fsp3) is 0.0500. The number of hydrogen-bond acceptors (Lipinski definition) is 3. The second-order valence-electron chi connectivity index (χ2n) is 4.52. The van der Waals surface area contributed by atoms with Crippen molar-refractivity contribution in [2.45, 2.75) is 6.92 Å². The summed E-state index contributed by atoms with van der Waals surface area (Å²) in [5.74, 6) is 2.54. The Labute approximate surface area is 167 Å². The van der Waals surface area contributed by atoms with Crippen LogP contribution in [-0.2, 0) is 37.5 Å². The number of nitrogens with zero attached hydrogens (tertiary/aromatic N) is 2. The van der Waals surface area contributed by atoms with E-state index in [1.807, 2.05) is 60.7 Å². The van der Waals surface area contributed by atoms with Crippen LogP contribution < -0.4 is 0 Å². The van der Waals surface area contributed by atoms with Crippen molar-refractivity contribution in [3.8, 4) is 28.3 Å². The minimum Gasteiger partial charge on any atom is -0.542 e. The molecule has 0 saturated heterocycles. The molecule has 0 unspecified atom stereocenters. The molecule has 1 radical (unpaired) electrons. The molecule has 0 fully saturated rings. The van der Waals surface area contributed by atoms with E-state index in [-0.39, 0.29) is 32.7 Å². The van der Waals surface area contributed by atoms with Crippen LogP contribution in [0.5, 0.6) is 0 Å². The molecule has 3 aromatic rings. The molecule has 0 amide bonds. The summed E-state index contributed by atoms with van der Waals surface area (Å²) in [4.78, 5) is 17.3. The van der Waals surface area contributed by atoms with E-state index < -0.39 is 0 Å². The van der Waals surface area contributed by atoms with E-state index in [1.165, 1.54) is 13.2 Å². The van der Waals surface area contributed by atoms with Crippen molar-refractivity contribution in [1.82, 2.24) is 9.97 Å². The van der Waals surface area contributed by atoms with Crippen molar-refractivity contribution >= 4 is 6.29 Å². The predicted octanol–water partition coefficient (Wildman–Crippen LogP) is 3.86. The summed E-state index contributed by atoms with van der Waals surface area (Å²) < 4.78 is 0. The van der Waals surface area contributed by atoms with Crippen molar-refractivity contribution in [3.63, 3.8) is 0 Å². The van der Waals surface area contributed by atoms with Crippen LogP contribution in [0.4, 0.5) is 0 Å². The predicted molar refractivity (Wildman–Crippen MR) is 90.5 cm³/mol. The molecular weight excluding hydrogens is 373 g/mol. The van der Waals surface area contributed by atoms with Gasteiger partial charge in [-0.25, -0.2) is 0 Å². The van der Waals surface area contributed by atoms with Gasteiger partial charge in [0.05, 0.1) is 5.69 Å². The van der Waals surface area contributed by atoms with Crippen molar-refractivity contribution in [1.29, 1.82) is 0 Å². The summed E-state index contributed by atoms with van der Waals surface area (Å²) in [6, 6.07) is 19.9. The van der Waals surface area contributed by atoms with Gasteiger partial charge in [0.25, 0.3) is 0 Å². The van der Waals surface area contributed by atoms with E-state index in [4.69, 9.17) is 11.2 Å². The first kappa shape index (κ1) is 19.9. The van der Waals surface area contributed by atoms with Gasteiger partial charge in [0.1, 0.15) is 0 Å². The molecule has 0 saturated carbocycles. The van der Waals surface area contributed by atoms with Gasteiger partial charge in [0.2, 0.25) is 0 Å². The topological polar surface area (TPSA) is 42.9 Å². The van der Waals surface area contributed by atoms with Gasteiger partial charge in [0, 0.05) is 50.3 Å². The van der Waals surface area contributed by atoms with Crippen molar-refractivity contribution < 1.29 is 37.5 Å². The summed E-state index contributed by atoms with van der Waals surface area (Å²) in [6.07, 6.45) is 10.5. The molecule has 0 aliphatic carbocycles. The summed E-state index contributed by atoms with van der Waals surface area (Å²) in [5.41, 5.74) is 3.84. The standard InChI is InChI=1S/C18H11N2.C2H3O.Y/c1-2-17-19-13-16(14-9-5-3-6-10-14)18(20-17)15-11-7-4-8-12-15;1-2-3;/h3-13H;1H3;/q2*-1;. The normalized spacial score (nSPS) is 8.83. The van der Waals surface area contributed by atoms with Crippen molar-refractivity contribution in [3.05, 3.63) is 79.1 Å². The monoisotopic (exact) mass is 387 g/mol. The van der Waals surface area contributed by atoms with Gasteiger partial charge in [-0.05, 0) is 11.1 Å². The van der Waals surface area contributed by atoms with Gasteiger partial charge in [-0.3, -0.25) is 12.2 Å². The second-order valence-corrected chi connectivity index (χ2v) is 4.52. The Kier molecular flexibility index (Phi) is 8.78. The first-order valence-electron chi connectivity index (χ1n) is 6.99. The number of aromatic nitrogens is 2. The van der Waals surface area contributed by atoms with Crippen LogP contribution >= 0.6 is 0 Å². The Balaban J connectivity index is 0.000000671. The molecular formula is C20H14N2OY-2. The molecule has 3 nitrogen and oxygen atoms in total. The summed E-state index contributed by atoms with van der Waals surface area (Å²) in [6.45, 7) is 1.32. The maximum atomic E-state index is 8.68. The van der Waals surface area contributed by atoms with Crippen LogP contribution in [0.1, 0.15) is 12.7 Å². The Hall–Kier alpha value is -2.15. The molecule has 1 heterocycles. The first-order valence-corrected chi connectivity index (χ1v) is 6.99.